The van der Waals surface area contributed by atoms with Gasteiger partial charge in [-0.3, -0.25) is 0 Å². The molecule has 0 saturated carbocycles. The first kappa shape index (κ1) is 19.1. The van der Waals surface area contributed by atoms with Crippen LogP contribution in [0.15, 0.2) is 97.1 Å². The second kappa shape index (κ2) is 8.40. The van der Waals surface area contributed by atoms with Crippen LogP contribution in [0, 0.1) is 13.8 Å². The first-order chi connectivity index (χ1) is 13.7. The van der Waals surface area contributed by atoms with E-state index in [1.165, 1.54) is 43.5 Å². The summed E-state index contributed by atoms with van der Waals surface area (Å²) in [5.74, 6) is 0. The molecule has 0 aliphatic carbocycles. The molecule has 0 saturated heterocycles. The molecule has 0 aliphatic heterocycles. The van der Waals surface area contributed by atoms with Crippen LogP contribution >= 0.6 is 17.2 Å². The van der Waals surface area contributed by atoms with Gasteiger partial charge in [0.1, 0.15) is 0 Å². The predicted molar refractivity (Wildman–Crippen MR) is 129 cm³/mol. The van der Waals surface area contributed by atoms with Gasteiger partial charge in [0.2, 0.25) is 0 Å². The number of hydrogen-bond donors (Lipinski definition) is 0. The molecular weight excluding hydrogens is 374 g/mol. The van der Waals surface area contributed by atoms with Crippen LogP contribution in [-0.2, 0) is 0 Å². The Bertz CT molecular complexity index is 1030. The predicted octanol–water partition coefficient (Wildman–Crippen LogP) is 5.23. The van der Waals surface area contributed by atoms with Crippen molar-refractivity contribution in [2.24, 2.45) is 0 Å². The van der Waals surface area contributed by atoms with Gasteiger partial charge in [0, 0.05) is 0 Å². The first-order valence-electron chi connectivity index (χ1n) is 9.52. The van der Waals surface area contributed by atoms with Crippen molar-refractivity contribution < 1.29 is 0 Å². The maximum absolute atomic E-state index is 2.94. The van der Waals surface area contributed by atoms with Gasteiger partial charge >= 0.3 is 0 Å². The molecule has 0 N–H and O–H groups in total. The first-order valence-corrected chi connectivity index (χ1v) is 11.4. The average Bonchev–Trinajstić information content (AvgIpc) is 2.71. The topological polar surface area (TPSA) is 0 Å². The lowest BCUT2D eigenvalue weighted by atomic mass is 9.96. The Morgan fingerprint density at radius 2 is 1.04 bits per heavy atom. The summed E-state index contributed by atoms with van der Waals surface area (Å²) < 4.78 is 0. The quantitative estimate of drug-likeness (QED) is 0.413. The van der Waals surface area contributed by atoms with Gasteiger partial charge in [0.15, 0.2) is 0 Å². The van der Waals surface area contributed by atoms with E-state index in [9.17, 15) is 0 Å². The van der Waals surface area contributed by atoms with Crippen molar-refractivity contribution in [1.29, 1.82) is 0 Å². The maximum Gasteiger partial charge on any atom is -0.00621 e. The zero-order chi connectivity index (χ0) is 19.5. The number of aryl methyl sites for hydroxylation is 2. The highest BCUT2D eigenvalue weighted by atomic mass is 31.1. The Morgan fingerprint density at radius 3 is 1.57 bits per heavy atom. The second-order valence-electron chi connectivity index (χ2n) is 7.01. The molecule has 0 aromatic heterocycles. The smallest absolute Gasteiger partial charge is 0.00621 e. The fourth-order valence-electron chi connectivity index (χ4n) is 3.78. The molecule has 0 nitrogen and oxygen atoms in total. The van der Waals surface area contributed by atoms with Gasteiger partial charge in [0.05, 0.1) is 0 Å². The molecule has 0 radical (unpaired) electrons. The maximum atomic E-state index is 2.94. The normalized spacial score (nSPS) is 11.0. The van der Waals surface area contributed by atoms with Crippen LogP contribution in [0.3, 0.4) is 0 Å². The lowest BCUT2D eigenvalue weighted by Gasteiger charge is -2.25. The Balaban J connectivity index is 2.03. The van der Waals surface area contributed by atoms with E-state index in [-0.39, 0.29) is 0 Å². The van der Waals surface area contributed by atoms with Crippen molar-refractivity contribution in [3.8, 4) is 11.1 Å². The van der Waals surface area contributed by atoms with Crippen LogP contribution in [-0.4, -0.2) is 0 Å². The van der Waals surface area contributed by atoms with E-state index in [0.717, 1.165) is 0 Å². The minimum Gasteiger partial charge on any atom is -0.105 e. The molecule has 0 bridgehead atoms. The van der Waals surface area contributed by atoms with Gasteiger partial charge in [-0.1, -0.05) is 97.1 Å². The second-order valence-corrected chi connectivity index (χ2v) is 9.82. The lowest BCUT2D eigenvalue weighted by molar-refractivity contribution is 1.43. The molecule has 0 amide bonds. The highest BCUT2D eigenvalue weighted by molar-refractivity contribution is 7.80. The fourth-order valence-corrected chi connectivity index (χ4v) is 6.80. The van der Waals surface area contributed by atoms with Crippen molar-refractivity contribution in [2.45, 2.75) is 13.8 Å². The molecule has 2 heteroatoms. The van der Waals surface area contributed by atoms with E-state index in [2.05, 4.69) is 120 Å². The molecule has 28 heavy (non-hydrogen) atoms. The van der Waals surface area contributed by atoms with Crippen molar-refractivity contribution >= 4 is 38.4 Å². The minimum absolute atomic E-state index is 0.641. The molecule has 4 aromatic carbocycles. The molecule has 0 aliphatic rings. The van der Waals surface area contributed by atoms with Gasteiger partial charge in [-0.2, -0.15) is 0 Å². The van der Waals surface area contributed by atoms with Gasteiger partial charge < -0.3 is 0 Å². The van der Waals surface area contributed by atoms with Gasteiger partial charge in [-0.25, -0.2) is 0 Å². The van der Waals surface area contributed by atoms with Gasteiger partial charge in [-0.05, 0) is 65.2 Å². The van der Waals surface area contributed by atoms with Crippen molar-refractivity contribution in [2.75, 3.05) is 0 Å². The number of hydrogen-bond acceptors (Lipinski definition) is 0. The van der Waals surface area contributed by atoms with E-state index in [0.29, 0.717) is 0 Å². The Hall–Kier alpha value is -2.26. The van der Waals surface area contributed by atoms with Gasteiger partial charge in [0.25, 0.3) is 0 Å². The third kappa shape index (κ3) is 3.68. The fraction of sp³-hybridized carbons (Fsp3) is 0.0769. The zero-order valence-electron chi connectivity index (χ0n) is 16.3. The minimum atomic E-state index is -0.641. The number of rotatable bonds is 4. The van der Waals surface area contributed by atoms with Crippen LogP contribution < -0.4 is 21.2 Å². The average molecular weight is 398 g/mol. The molecular formula is C26H24P2. The van der Waals surface area contributed by atoms with Crippen LogP contribution in [0.5, 0.6) is 0 Å². The lowest BCUT2D eigenvalue weighted by Crippen LogP contribution is -2.23. The molecule has 0 heterocycles. The highest BCUT2D eigenvalue weighted by Gasteiger charge is 2.22. The summed E-state index contributed by atoms with van der Waals surface area (Å²) in [6, 6.07) is 35.2. The van der Waals surface area contributed by atoms with Crippen LogP contribution in [0.4, 0.5) is 0 Å². The van der Waals surface area contributed by atoms with Crippen molar-refractivity contribution in [3.05, 3.63) is 108 Å². The largest absolute Gasteiger partial charge is 0.105 e. The summed E-state index contributed by atoms with van der Waals surface area (Å²) in [6.45, 7) is 4.45. The highest BCUT2D eigenvalue weighted by Crippen LogP contribution is 2.38. The zero-order valence-corrected chi connectivity index (χ0v) is 18.3. The summed E-state index contributed by atoms with van der Waals surface area (Å²) in [7, 11) is 2.30. The monoisotopic (exact) mass is 398 g/mol. The van der Waals surface area contributed by atoms with E-state index >= 15 is 0 Å². The van der Waals surface area contributed by atoms with E-state index in [1.807, 2.05) is 0 Å². The molecule has 138 valence electrons. The molecule has 0 fully saturated rings. The molecule has 4 aromatic rings. The summed E-state index contributed by atoms with van der Waals surface area (Å²) in [5, 5.41) is 5.45. The van der Waals surface area contributed by atoms with Crippen molar-refractivity contribution in [1.82, 2.24) is 0 Å². The standard InChI is InChI=1S/C26H24P2/c1-19-11-9-17-23(27)25(19)26-20(2)12-10-18-24(26)28(21-13-5-3-6-14-21)22-15-7-4-8-16-22/h3-18H,27H2,1-2H3. The SMILES string of the molecule is Cc1cccc(P)c1-c1c(C)cccc1P(c1ccccc1)c1ccccc1. The van der Waals surface area contributed by atoms with Crippen LogP contribution in [0.2, 0.25) is 0 Å². The summed E-state index contributed by atoms with van der Waals surface area (Å²) in [6.07, 6.45) is 0. The molecule has 4 rings (SSSR count). The van der Waals surface area contributed by atoms with Crippen LogP contribution in [0.1, 0.15) is 11.1 Å². The molecule has 0 spiro atoms. The van der Waals surface area contributed by atoms with Gasteiger partial charge in [-0.15, -0.1) is 9.24 Å². The summed E-state index contributed by atoms with van der Waals surface area (Å²) in [5.41, 5.74) is 5.37. The Labute approximate surface area is 171 Å². The Morgan fingerprint density at radius 1 is 0.536 bits per heavy atom. The molecule has 1 unspecified atom stereocenters. The third-order valence-corrected chi connectivity index (χ3v) is 8.04. The van der Waals surface area contributed by atoms with Crippen LogP contribution in [0.25, 0.3) is 11.1 Å². The third-order valence-electron chi connectivity index (χ3n) is 5.08. The summed E-state index contributed by atoms with van der Waals surface area (Å²) >= 11 is 0. The Kier molecular flexibility index (Phi) is 5.72. The molecule has 1 atom stereocenters. The van der Waals surface area contributed by atoms with E-state index < -0.39 is 7.92 Å². The van der Waals surface area contributed by atoms with Crippen molar-refractivity contribution in [3.63, 3.8) is 0 Å². The van der Waals surface area contributed by atoms with E-state index in [1.54, 1.807) is 0 Å². The van der Waals surface area contributed by atoms with E-state index in [4.69, 9.17) is 0 Å². The summed E-state index contributed by atoms with van der Waals surface area (Å²) in [4.78, 5) is 0. The number of benzene rings is 4.